The van der Waals surface area contributed by atoms with Crippen LogP contribution in [-0.2, 0) is 4.79 Å². The van der Waals surface area contributed by atoms with Crippen molar-refractivity contribution in [1.29, 1.82) is 0 Å². The standard InChI is InChI=1S/C18H21NO3/c1-13-7-6-10-16(11-13)22-14(2)18(21)19-12-17(20)15-8-4-3-5-9-15/h3-11,14,17,20H,12H2,1-2H3,(H,19,21)/t14-,17-/m1/s1. The minimum atomic E-state index is -0.726. The molecule has 0 aliphatic heterocycles. The molecule has 2 aromatic rings. The molecule has 116 valence electrons. The summed E-state index contributed by atoms with van der Waals surface area (Å²) in [5.74, 6) is 0.405. The zero-order chi connectivity index (χ0) is 15.9. The molecule has 0 aliphatic rings. The highest BCUT2D eigenvalue weighted by molar-refractivity contribution is 5.80. The maximum absolute atomic E-state index is 12.0. The number of rotatable bonds is 6. The van der Waals surface area contributed by atoms with Crippen LogP contribution in [0.15, 0.2) is 54.6 Å². The number of carbonyl (C=O) groups is 1. The molecule has 2 N–H and O–H groups in total. The molecule has 22 heavy (non-hydrogen) atoms. The Bertz CT molecular complexity index is 613. The average molecular weight is 299 g/mol. The number of carbonyl (C=O) groups excluding carboxylic acids is 1. The fraction of sp³-hybridized carbons (Fsp3) is 0.278. The quantitative estimate of drug-likeness (QED) is 0.862. The molecular weight excluding hydrogens is 278 g/mol. The van der Waals surface area contributed by atoms with Crippen molar-refractivity contribution in [2.24, 2.45) is 0 Å². The highest BCUT2D eigenvalue weighted by atomic mass is 16.5. The van der Waals surface area contributed by atoms with Gasteiger partial charge in [-0.1, -0.05) is 42.5 Å². The minimum Gasteiger partial charge on any atom is -0.481 e. The average Bonchev–Trinajstić information content (AvgIpc) is 2.53. The van der Waals surface area contributed by atoms with E-state index in [1.807, 2.05) is 61.5 Å². The Labute approximate surface area is 130 Å². The van der Waals surface area contributed by atoms with Crippen molar-refractivity contribution in [3.8, 4) is 5.75 Å². The molecule has 0 radical (unpaired) electrons. The van der Waals surface area contributed by atoms with Crippen LogP contribution in [0.4, 0.5) is 0 Å². The molecular formula is C18H21NO3. The summed E-state index contributed by atoms with van der Waals surface area (Å²) in [6.45, 7) is 3.81. The molecule has 4 nitrogen and oxygen atoms in total. The number of ether oxygens (including phenoxy) is 1. The van der Waals surface area contributed by atoms with Crippen molar-refractivity contribution in [3.05, 3.63) is 65.7 Å². The highest BCUT2D eigenvalue weighted by Gasteiger charge is 2.16. The molecule has 0 saturated heterocycles. The topological polar surface area (TPSA) is 58.6 Å². The van der Waals surface area contributed by atoms with Crippen molar-refractivity contribution in [3.63, 3.8) is 0 Å². The van der Waals surface area contributed by atoms with Gasteiger partial charge in [0.25, 0.3) is 5.91 Å². The van der Waals surface area contributed by atoms with Crippen LogP contribution < -0.4 is 10.1 Å². The molecule has 0 saturated carbocycles. The van der Waals surface area contributed by atoms with Gasteiger partial charge in [-0.3, -0.25) is 4.79 Å². The Hall–Kier alpha value is -2.33. The van der Waals surface area contributed by atoms with Crippen LogP contribution in [0.5, 0.6) is 5.75 Å². The number of aliphatic hydroxyl groups excluding tert-OH is 1. The largest absolute Gasteiger partial charge is 0.481 e. The summed E-state index contributed by atoms with van der Waals surface area (Å²) in [4.78, 5) is 12.0. The molecule has 2 rings (SSSR count). The second-order valence-electron chi connectivity index (χ2n) is 5.25. The zero-order valence-electron chi connectivity index (χ0n) is 12.8. The lowest BCUT2D eigenvalue weighted by molar-refractivity contribution is -0.127. The van der Waals surface area contributed by atoms with E-state index >= 15 is 0 Å². The molecule has 0 bridgehead atoms. The zero-order valence-corrected chi connectivity index (χ0v) is 12.8. The summed E-state index contributed by atoms with van der Waals surface area (Å²) in [5.41, 5.74) is 1.85. The maximum atomic E-state index is 12.0. The smallest absolute Gasteiger partial charge is 0.260 e. The number of nitrogens with one attached hydrogen (secondary N) is 1. The Kier molecular flexibility index (Phi) is 5.55. The highest BCUT2D eigenvalue weighted by Crippen LogP contribution is 2.14. The third-order valence-corrected chi connectivity index (χ3v) is 3.33. The summed E-state index contributed by atoms with van der Waals surface area (Å²) in [6.07, 6.45) is -1.35. The Morgan fingerprint density at radius 3 is 2.59 bits per heavy atom. The second kappa shape index (κ2) is 7.61. The van der Waals surface area contributed by atoms with E-state index < -0.39 is 12.2 Å². The van der Waals surface area contributed by atoms with Crippen molar-refractivity contribution in [2.75, 3.05) is 6.54 Å². The van der Waals surface area contributed by atoms with Gasteiger partial charge in [0.1, 0.15) is 5.75 Å². The van der Waals surface area contributed by atoms with Gasteiger partial charge in [0.15, 0.2) is 6.10 Å². The van der Waals surface area contributed by atoms with E-state index in [0.717, 1.165) is 11.1 Å². The summed E-state index contributed by atoms with van der Waals surface area (Å²) < 4.78 is 5.60. The number of amides is 1. The number of aliphatic hydroxyl groups is 1. The third-order valence-electron chi connectivity index (χ3n) is 3.33. The van der Waals surface area contributed by atoms with Gasteiger partial charge in [-0.15, -0.1) is 0 Å². The monoisotopic (exact) mass is 299 g/mol. The van der Waals surface area contributed by atoms with E-state index in [9.17, 15) is 9.90 Å². The van der Waals surface area contributed by atoms with E-state index in [-0.39, 0.29) is 12.5 Å². The van der Waals surface area contributed by atoms with E-state index in [2.05, 4.69) is 5.32 Å². The number of benzene rings is 2. The van der Waals surface area contributed by atoms with Crippen LogP contribution >= 0.6 is 0 Å². The van der Waals surface area contributed by atoms with Gasteiger partial charge in [-0.25, -0.2) is 0 Å². The minimum absolute atomic E-state index is 0.157. The number of hydrogen-bond acceptors (Lipinski definition) is 3. The van der Waals surface area contributed by atoms with Crippen LogP contribution in [0.2, 0.25) is 0 Å². The molecule has 2 aromatic carbocycles. The van der Waals surface area contributed by atoms with Crippen LogP contribution in [0, 0.1) is 6.92 Å². The lowest BCUT2D eigenvalue weighted by Crippen LogP contribution is -2.38. The fourth-order valence-corrected chi connectivity index (χ4v) is 2.08. The Morgan fingerprint density at radius 1 is 1.18 bits per heavy atom. The van der Waals surface area contributed by atoms with Gasteiger partial charge in [-0.2, -0.15) is 0 Å². The molecule has 0 aliphatic carbocycles. The first-order valence-corrected chi connectivity index (χ1v) is 7.30. The lowest BCUT2D eigenvalue weighted by Gasteiger charge is -2.17. The summed E-state index contributed by atoms with van der Waals surface area (Å²) in [6, 6.07) is 16.8. The molecule has 0 aromatic heterocycles. The van der Waals surface area contributed by atoms with Crippen molar-refractivity contribution >= 4 is 5.91 Å². The molecule has 1 amide bonds. The SMILES string of the molecule is Cc1cccc(O[C@H](C)C(=O)NC[C@@H](O)c2ccccc2)c1. The molecule has 2 atom stereocenters. The molecule has 0 heterocycles. The van der Waals surface area contributed by atoms with E-state index in [1.165, 1.54) is 0 Å². The predicted octanol–water partition coefficient (Wildman–Crippen LogP) is 2.61. The first-order valence-electron chi connectivity index (χ1n) is 7.30. The van der Waals surface area contributed by atoms with Crippen LogP contribution in [-0.4, -0.2) is 23.7 Å². The first-order chi connectivity index (χ1) is 10.6. The molecule has 4 heteroatoms. The third kappa shape index (κ3) is 4.60. The summed E-state index contributed by atoms with van der Waals surface area (Å²) in [7, 11) is 0. The van der Waals surface area contributed by atoms with Crippen LogP contribution in [0.1, 0.15) is 24.2 Å². The van der Waals surface area contributed by atoms with E-state index in [0.29, 0.717) is 5.75 Å². The molecule has 0 fully saturated rings. The van der Waals surface area contributed by atoms with E-state index in [1.54, 1.807) is 6.92 Å². The second-order valence-corrected chi connectivity index (χ2v) is 5.25. The van der Waals surface area contributed by atoms with Gasteiger partial charge in [0.2, 0.25) is 0 Å². The molecule has 0 unspecified atom stereocenters. The van der Waals surface area contributed by atoms with E-state index in [4.69, 9.17) is 4.74 Å². The normalized spacial score (nSPS) is 13.2. The summed E-state index contributed by atoms with van der Waals surface area (Å²) in [5, 5.41) is 12.7. The van der Waals surface area contributed by atoms with Crippen molar-refractivity contribution in [2.45, 2.75) is 26.1 Å². The van der Waals surface area contributed by atoms with Crippen molar-refractivity contribution in [1.82, 2.24) is 5.32 Å². The lowest BCUT2D eigenvalue weighted by atomic mass is 10.1. The van der Waals surface area contributed by atoms with Crippen LogP contribution in [0.3, 0.4) is 0 Å². The van der Waals surface area contributed by atoms with Crippen LogP contribution in [0.25, 0.3) is 0 Å². The fourth-order valence-electron chi connectivity index (χ4n) is 2.08. The van der Waals surface area contributed by atoms with Gasteiger partial charge < -0.3 is 15.2 Å². The van der Waals surface area contributed by atoms with Gasteiger partial charge >= 0.3 is 0 Å². The predicted molar refractivity (Wildman–Crippen MR) is 85.7 cm³/mol. The maximum Gasteiger partial charge on any atom is 0.260 e. The first kappa shape index (κ1) is 16.0. The van der Waals surface area contributed by atoms with Gasteiger partial charge in [0, 0.05) is 6.54 Å². The summed E-state index contributed by atoms with van der Waals surface area (Å²) >= 11 is 0. The van der Waals surface area contributed by atoms with Gasteiger partial charge in [-0.05, 0) is 37.1 Å². The number of aryl methyl sites for hydroxylation is 1. The Balaban J connectivity index is 1.84. The Morgan fingerprint density at radius 2 is 1.91 bits per heavy atom. The number of hydrogen-bond donors (Lipinski definition) is 2. The van der Waals surface area contributed by atoms with Gasteiger partial charge in [0.05, 0.1) is 6.10 Å². The van der Waals surface area contributed by atoms with Crippen molar-refractivity contribution < 1.29 is 14.6 Å². The molecule has 0 spiro atoms.